The Bertz CT molecular complexity index is 927. The Morgan fingerprint density at radius 1 is 1.20 bits per heavy atom. The molecule has 30 heavy (non-hydrogen) atoms. The molecule has 0 spiro atoms. The lowest BCUT2D eigenvalue weighted by Crippen LogP contribution is -2.22. The van der Waals surface area contributed by atoms with Crippen molar-refractivity contribution in [1.82, 2.24) is 9.78 Å². The van der Waals surface area contributed by atoms with Crippen molar-refractivity contribution in [3.05, 3.63) is 33.5 Å². The number of amides is 1. The van der Waals surface area contributed by atoms with Gasteiger partial charge in [-0.25, -0.2) is 22.4 Å². The first-order chi connectivity index (χ1) is 14.3. The summed E-state index contributed by atoms with van der Waals surface area (Å²) in [6, 6.07) is 0.583. The number of ether oxygens (including phenoxy) is 1. The van der Waals surface area contributed by atoms with E-state index in [9.17, 15) is 27.2 Å². The number of nitrogens with one attached hydrogen (secondary N) is 1. The third-order valence-electron chi connectivity index (χ3n) is 4.72. The fourth-order valence-electron chi connectivity index (χ4n) is 3.41. The number of halogens is 4. The number of nitrogens with zero attached hydrogens (tertiary/aromatic N) is 2. The van der Waals surface area contributed by atoms with Gasteiger partial charge in [-0.05, 0) is 44.2 Å². The van der Waals surface area contributed by atoms with Crippen LogP contribution in [0.2, 0.25) is 0 Å². The Kier molecular flexibility index (Phi) is 7.11. The summed E-state index contributed by atoms with van der Waals surface area (Å²) in [7, 11) is 0. The first-order valence-corrected chi connectivity index (χ1v) is 10.4. The van der Waals surface area contributed by atoms with Crippen LogP contribution < -0.4 is 5.32 Å². The van der Waals surface area contributed by atoms with E-state index in [1.54, 1.807) is 6.92 Å². The van der Waals surface area contributed by atoms with Gasteiger partial charge < -0.3 is 10.1 Å². The lowest BCUT2D eigenvalue weighted by Gasteiger charge is -2.10. The minimum absolute atomic E-state index is 0.165. The van der Waals surface area contributed by atoms with Crippen molar-refractivity contribution in [2.45, 2.75) is 58.4 Å². The van der Waals surface area contributed by atoms with E-state index in [0.29, 0.717) is 17.2 Å². The average Bonchev–Trinajstić information content (AvgIpc) is 3.16. The molecule has 2 heterocycles. The zero-order chi connectivity index (χ0) is 21.8. The Morgan fingerprint density at radius 3 is 2.60 bits per heavy atom. The molecular weight excluding hydrogens is 426 g/mol. The third kappa shape index (κ3) is 4.82. The topological polar surface area (TPSA) is 73.2 Å². The molecule has 6 nitrogen and oxygen atoms in total. The Morgan fingerprint density at radius 2 is 1.93 bits per heavy atom. The maximum Gasteiger partial charge on any atom is 0.341 e. The van der Waals surface area contributed by atoms with Crippen LogP contribution >= 0.6 is 11.3 Å². The highest BCUT2D eigenvalue weighted by atomic mass is 32.1. The van der Waals surface area contributed by atoms with Crippen molar-refractivity contribution >= 4 is 28.2 Å². The van der Waals surface area contributed by atoms with Gasteiger partial charge in [0.25, 0.3) is 12.9 Å². The molecule has 11 heteroatoms. The van der Waals surface area contributed by atoms with Gasteiger partial charge in [-0.15, -0.1) is 11.3 Å². The maximum absolute atomic E-state index is 13.1. The van der Waals surface area contributed by atoms with Crippen molar-refractivity contribution in [3.8, 4) is 0 Å². The number of carbonyl (C=O) groups is 2. The van der Waals surface area contributed by atoms with Crippen LogP contribution in [0.1, 0.15) is 71.2 Å². The van der Waals surface area contributed by atoms with Gasteiger partial charge in [-0.1, -0.05) is 6.42 Å². The van der Waals surface area contributed by atoms with Gasteiger partial charge in [0.1, 0.15) is 22.9 Å². The minimum Gasteiger partial charge on any atom is -0.462 e. The van der Waals surface area contributed by atoms with Crippen molar-refractivity contribution < 1.29 is 31.9 Å². The first kappa shape index (κ1) is 22.3. The van der Waals surface area contributed by atoms with Gasteiger partial charge in [-0.2, -0.15) is 5.10 Å². The molecule has 2 aromatic heterocycles. The van der Waals surface area contributed by atoms with Gasteiger partial charge >= 0.3 is 5.97 Å². The highest BCUT2D eigenvalue weighted by molar-refractivity contribution is 7.17. The highest BCUT2D eigenvalue weighted by Gasteiger charge is 2.27. The number of esters is 1. The number of fused-ring (bicyclic) bond motifs is 1. The summed E-state index contributed by atoms with van der Waals surface area (Å²) in [5.74, 6) is -1.30. The summed E-state index contributed by atoms with van der Waals surface area (Å²) in [5.41, 5.74) is -0.463. The van der Waals surface area contributed by atoms with Crippen LogP contribution in [0.3, 0.4) is 0 Å². The summed E-state index contributed by atoms with van der Waals surface area (Å²) in [6.45, 7) is 1.15. The van der Waals surface area contributed by atoms with Gasteiger partial charge in [0, 0.05) is 4.88 Å². The summed E-state index contributed by atoms with van der Waals surface area (Å²) in [6.07, 6.45) is -1.74. The molecule has 1 aliphatic carbocycles. The second-order valence-corrected chi connectivity index (χ2v) is 7.90. The number of hydrogen-bond acceptors (Lipinski definition) is 5. The summed E-state index contributed by atoms with van der Waals surface area (Å²) in [5, 5.41) is 6.26. The molecule has 0 unspecified atom stereocenters. The molecule has 0 saturated carbocycles. The molecule has 164 valence electrons. The molecule has 0 atom stereocenters. The monoisotopic (exact) mass is 447 g/mol. The average molecular weight is 447 g/mol. The number of thiophene rings is 1. The Labute approximate surface area is 174 Å². The molecule has 1 N–H and O–H groups in total. The second-order valence-electron chi connectivity index (χ2n) is 6.79. The number of rotatable bonds is 7. The molecule has 1 amide bonds. The number of alkyl halides is 4. The van der Waals surface area contributed by atoms with E-state index < -0.39 is 42.7 Å². The van der Waals surface area contributed by atoms with Gasteiger partial charge in [0.05, 0.1) is 12.2 Å². The van der Waals surface area contributed by atoms with Crippen LogP contribution in [0, 0.1) is 0 Å². The Hall–Kier alpha value is -2.43. The molecular formula is C19H21F4N3O3S. The van der Waals surface area contributed by atoms with Crippen LogP contribution in [0.15, 0.2) is 6.07 Å². The number of hydrogen-bond donors (Lipinski definition) is 1. The molecule has 0 aromatic carbocycles. The molecule has 2 aromatic rings. The zero-order valence-electron chi connectivity index (χ0n) is 16.2. The van der Waals surface area contributed by atoms with E-state index in [1.807, 2.05) is 0 Å². The predicted molar refractivity (Wildman–Crippen MR) is 102 cm³/mol. The molecule has 0 radical (unpaired) electrons. The van der Waals surface area contributed by atoms with E-state index >= 15 is 0 Å². The molecule has 0 aliphatic heterocycles. The fourth-order valence-corrected chi connectivity index (χ4v) is 4.71. The number of aryl methyl sites for hydroxylation is 1. The quantitative estimate of drug-likeness (QED) is 0.372. The molecule has 1 aliphatic rings. The highest BCUT2D eigenvalue weighted by Crippen LogP contribution is 2.38. The van der Waals surface area contributed by atoms with E-state index in [2.05, 4.69) is 10.4 Å². The van der Waals surface area contributed by atoms with Gasteiger partial charge in [-0.3, -0.25) is 9.48 Å². The number of anilines is 1. The SMILES string of the molecule is CCOC(=O)c1c(NC(=O)Cn2nc(C(F)F)cc2C(F)F)sc2c1CCCCC2. The predicted octanol–water partition coefficient (Wildman–Crippen LogP) is 4.90. The van der Waals surface area contributed by atoms with E-state index in [0.717, 1.165) is 36.1 Å². The summed E-state index contributed by atoms with van der Waals surface area (Å²) < 4.78 is 57.6. The zero-order valence-corrected chi connectivity index (χ0v) is 17.0. The van der Waals surface area contributed by atoms with Crippen LogP contribution in [-0.4, -0.2) is 28.3 Å². The molecule has 3 rings (SSSR count). The maximum atomic E-state index is 13.1. The standard InChI is InChI=1S/C19H21F4N3O3S/c1-2-29-19(28)15-10-6-4-3-5-7-13(10)30-18(15)24-14(27)9-26-12(17(22)23)8-11(25-26)16(20)21/h8,16-17H,2-7,9H2,1H3,(H,24,27). The van der Waals surface area contributed by atoms with Gasteiger partial charge in [0.15, 0.2) is 0 Å². The van der Waals surface area contributed by atoms with Crippen molar-refractivity contribution in [1.29, 1.82) is 0 Å². The number of carbonyl (C=O) groups excluding carboxylic acids is 2. The van der Waals surface area contributed by atoms with Crippen LogP contribution in [0.4, 0.5) is 22.6 Å². The Balaban J connectivity index is 1.86. The van der Waals surface area contributed by atoms with E-state index in [4.69, 9.17) is 4.74 Å². The van der Waals surface area contributed by atoms with E-state index in [-0.39, 0.29) is 17.2 Å². The van der Waals surface area contributed by atoms with Crippen LogP contribution in [0.5, 0.6) is 0 Å². The summed E-state index contributed by atoms with van der Waals surface area (Å²) >= 11 is 1.26. The van der Waals surface area contributed by atoms with Gasteiger partial charge in [0.2, 0.25) is 5.91 Å². The van der Waals surface area contributed by atoms with Crippen LogP contribution in [0.25, 0.3) is 0 Å². The molecule has 0 fully saturated rings. The normalized spacial score (nSPS) is 14.0. The molecule has 0 saturated heterocycles. The third-order valence-corrected chi connectivity index (χ3v) is 5.93. The van der Waals surface area contributed by atoms with Crippen LogP contribution in [-0.2, 0) is 28.9 Å². The molecule has 0 bridgehead atoms. The van der Waals surface area contributed by atoms with Crippen molar-refractivity contribution in [2.75, 3.05) is 11.9 Å². The van der Waals surface area contributed by atoms with Crippen molar-refractivity contribution in [3.63, 3.8) is 0 Å². The lowest BCUT2D eigenvalue weighted by molar-refractivity contribution is -0.117. The smallest absolute Gasteiger partial charge is 0.341 e. The second kappa shape index (κ2) is 9.59. The lowest BCUT2D eigenvalue weighted by atomic mass is 10.1. The van der Waals surface area contributed by atoms with Crippen molar-refractivity contribution in [2.24, 2.45) is 0 Å². The fraction of sp³-hybridized carbons (Fsp3) is 0.526. The number of aromatic nitrogens is 2. The minimum atomic E-state index is -3.06. The van der Waals surface area contributed by atoms with E-state index in [1.165, 1.54) is 11.3 Å². The largest absolute Gasteiger partial charge is 0.462 e. The first-order valence-electron chi connectivity index (χ1n) is 9.57. The summed E-state index contributed by atoms with van der Waals surface area (Å²) in [4.78, 5) is 26.0.